The smallest absolute Gasteiger partial charge is 0.123 e. The van der Waals surface area contributed by atoms with Gasteiger partial charge in [-0.3, -0.25) is 0 Å². The first-order chi connectivity index (χ1) is 8.72. The Morgan fingerprint density at radius 1 is 1.17 bits per heavy atom. The number of hydrogen-bond acceptors (Lipinski definition) is 1. The topological polar surface area (TPSA) is 28.7 Å². The van der Waals surface area contributed by atoms with Crippen molar-refractivity contribution in [1.82, 2.24) is 9.97 Å². The molecule has 0 spiro atoms. The molecule has 18 heavy (non-hydrogen) atoms. The molecule has 0 atom stereocenters. The van der Waals surface area contributed by atoms with E-state index in [4.69, 9.17) is 0 Å². The van der Waals surface area contributed by atoms with Gasteiger partial charge in [-0.2, -0.15) is 0 Å². The molecule has 0 radical (unpaired) electrons. The van der Waals surface area contributed by atoms with Crippen molar-refractivity contribution in [3.63, 3.8) is 0 Å². The number of para-hydroxylation sites is 1. The van der Waals surface area contributed by atoms with Gasteiger partial charge in [0.15, 0.2) is 0 Å². The SMILES string of the molecule is Cc1cccc2[nH]c(Cc3cccc(F)c3)nc12. The largest absolute Gasteiger partial charge is 0.342 e. The first kappa shape index (κ1) is 11.0. The van der Waals surface area contributed by atoms with Gasteiger partial charge >= 0.3 is 0 Å². The van der Waals surface area contributed by atoms with Crippen LogP contribution < -0.4 is 0 Å². The van der Waals surface area contributed by atoms with Gasteiger partial charge in [0.25, 0.3) is 0 Å². The van der Waals surface area contributed by atoms with Gasteiger partial charge in [0.2, 0.25) is 0 Å². The molecule has 1 aromatic heterocycles. The number of fused-ring (bicyclic) bond motifs is 1. The van der Waals surface area contributed by atoms with Gasteiger partial charge in [-0.25, -0.2) is 9.37 Å². The number of benzene rings is 2. The molecule has 90 valence electrons. The minimum atomic E-state index is -0.209. The lowest BCUT2D eigenvalue weighted by Crippen LogP contribution is -1.91. The summed E-state index contributed by atoms with van der Waals surface area (Å²) in [5.74, 6) is 0.657. The standard InChI is InChI=1S/C15H13FN2/c1-10-4-2-7-13-15(10)18-14(17-13)9-11-5-3-6-12(16)8-11/h2-8H,9H2,1H3,(H,17,18). The third-order valence-corrected chi connectivity index (χ3v) is 3.02. The lowest BCUT2D eigenvalue weighted by Gasteiger charge is -1.97. The summed E-state index contributed by atoms with van der Waals surface area (Å²) in [6.07, 6.45) is 0.617. The van der Waals surface area contributed by atoms with Crippen molar-refractivity contribution >= 4 is 11.0 Å². The fraction of sp³-hybridized carbons (Fsp3) is 0.133. The zero-order valence-corrected chi connectivity index (χ0v) is 10.1. The fourth-order valence-electron chi connectivity index (χ4n) is 2.15. The molecule has 3 aromatic rings. The van der Waals surface area contributed by atoms with Gasteiger partial charge in [0, 0.05) is 6.42 Å². The molecule has 0 amide bonds. The highest BCUT2D eigenvalue weighted by atomic mass is 19.1. The normalized spacial score (nSPS) is 11.0. The van der Waals surface area contributed by atoms with Crippen LogP contribution >= 0.6 is 0 Å². The number of aromatic nitrogens is 2. The van der Waals surface area contributed by atoms with Crippen LogP contribution in [0.5, 0.6) is 0 Å². The molecule has 0 unspecified atom stereocenters. The maximum atomic E-state index is 13.1. The van der Waals surface area contributed by atoms with Crippen LogP contribution in [0, 0.1) is 12.7 Å². The van der Waals surface area contributed by atoms with Crippen LogP contribution in [0.2, 0.25) is 0 Å². The molecule has 2 nitrogen and oxygen atoms in total. The van der Waals surface area contributed by atoms with Gasteiger partial charge in [0.1, 0.15) is 11.6 Å². The minimum absolute atomic E-state index is 0.209. The predicted molar refractivity (Wildman–Crippen MR) is 70.0 cm³/mol. The molecule has 3 rings (SSSR count). The van der Waals surface area contributed by atoms with Crippen molar-refractivity contribution in [3.05, 3.63) is 65.2 Å². The van der Waals surface area contributed by atoms with E-state index in [9.17, 15) is 4.39 Å². The van der Waals surface area contributed by atoms with Crippen molar-refractivity contribution in [2.24, 2.45) is 0 Å². The van der Waals surface area contributed by atoms with Crippen LogP contribution in [-0.2, 0) is 6.42 Å². The second-order valence-corrected chi connectivity index (χ2v) is 4.46. The molecular weight excluding hydrogens is 227 g/mol. The number of rotatable bonds is 2. The average Bonchev–Trinajstić information content (AvgIpc) is 2.73. The van der Waals surface area contributed by atoms with Crippen LogP contribution in [0.1, 0.15) is 17.0 Å². The lowest BCUT2D eigenvalue weighted by atomic mass is 10.1. The summed E-state index contributed by atoms with van der Waals surface area (Å²) in [4.78, 5) is 7.83. The molecular formula is C15H13FN2. The molecule has 0 saturated heterocycles. The first-order valence-corrected chi connectivity index (χ1v) is 5.91. The number of aromatic amines is 1. The number of imidazole rings is 1. The Hall–Kier alpha value is -2.16. The first-order valence-electron chi connectivity index (χ1n) is 5.91. The summed E-state index contributed by atoms with van der Waals surface area (Å²) in [5.41, 5.74) is 4.09. The third-order valence-electron chi connectivity index (χ3n) is 3.02. The van der Waals surface area contributed by atoms with E-state index in [1.165, 1.54) is 6.07 Å². The van der Waals surface area contributed by atoms with Crippen molar-refractivity contribution in [2.75, 3.05) is 0 Å². The van der Waals surface area contributed by atoms with E-state index >= 15 is 0 Å². The quantitative estimate of drug-likeness (QED) is 0.728. The van der Waals surface area contributed by atoms with Crippen LogP contribution in [0.4, 0.5) is 4.39 Å². The van der Waals surface area contributed by atoms with Crippen LogP contribution in [0.3, 0.4) is 0 Å². The lowest BCUT2D eigenvalue weighted by molar-refractivity contribution is 0.626. The number of halogens is 1. The highest BCUT2D eigenvalue weighted by molar-refractivity contribution is 5.78. The zero-order chi connectivity index (χ0) is 12.5. The van der Waals surface area contributed by atoms with Crippen molar-refractivity contribution in [2.45, 2.75) is 13.3 Å². The molecule has 0 fully saturated rings. The highest BCUT2D eigenvalue weighted by Crippen LogP contribution is 2.17. The summed E-state index contributed by atoms with van der Waals surface area (Å²) in [6, 6.07) is 12.7. The van der Waals surface area contributed by atoms with Crippen LogP contribution in [0.25, 0.3) is 11.0 Å². The summed E-state index contributed by atoms with van der Waals surface area (Å²) < 4.78 is 13.1. The molecule has 1 N–H and O–H groups in total. The predicted octanol–water partition coefficient (Wildman–Crippen LogP) is 3.60. The molecule has 2 aromatic carbocycles. The fourth-order valence-corrected chi connectivity index (χ4v) is 2.15. The Morgan fingerprint density at radius 3 is 2.78 bits per heavy atom. The number of H-pyrrole nitrogens is 1. The van der Waals surface area contributed by atoms with E-state index in [0.29, 0.717) is 6.42 Å². The zero-order valence-electron chi connectivity index (χ0n) is 10.1. The Labute approximate surface area is 104 Å². The number of hydrogen-bond donors (Lipinski definition) is 1. The highest BCUT2D eigenvalue weighted by Gasteiger charge is 2.05. The van der Waals surface area contributed by atoms with Crippen molar-refractivity contribution < 1.29 is 4.39 Å². The molecule has 0 saturated carbocycles. The van der Waals surface area contributed by atoms with E-state index in [0.717, 1.165) is 28.0 Å². The summed E-state index contributed by atoms with van der Waals surface area (Å²) >= 11 is 0. The molecule has 3 heteroatoms. The summed E-state index contributed by atoms with van der Waals surface area (Å²) in [7, 11) is 0. The Morgan fingerprint density at radius 2 is 2.00 bits per heavy atom. The number of aryl methyl sites for hydroxylation is 1. The monoisotopic (exact) mass is 240 g/mol. The maximum Gasteiger partial charge on any atom is 0.123 e. The van der Waals surface area contributed by atoms with E-state index in [2.05, 4.69) is 9.97 Å². The van der Waals surface area contributed by atoms with Gasteiger partial charge in [-0.15, -0.1) is 0 Å². The molecule has 0 aliphatic rings. The Balaban J connectivity index is 1.98. The third kappa shape index (κ3) is 1.99. The van der Waals surface area contributed by atoms with E-state index in [-0.39, 0.29) is 5.82 Å². The van der Waals surface area contributed by atoms with Gasteiger partial charge < -0.3 is 4.98 Å². The second kappa shape index (κ2) is 4.26. The Kier molecular flexibility index (Phi) is 2.59. The second-order valence-electron chi connectivity index (χ2n) is 4.46. The number of nitrogens with one attached hydrogen (secondary N) is 1. The van der Waals surface area contributed by atoms with Crippen molar-refractivity contribution in [1.29, 1.82) is 0 Å². The molecule has 0 aliphatic heterocycles. The van der Waals surface area contributed by atoms with E-state index < -0.39 is 0 Å². The average molecular weight is 240 g/mol. The van der Waals surface area contributed by atoms with E-state index in [1.54, 1.807) is 12.1 Å². The Bertz CT molecular complexity index is 701. The maximum absolute atomic E-state index is 13.1. The number of nitrogens with zero attached hydrogens (tertiary/aromatic N) is 1. The van der Waals surface area contributed by atoms with Crippen LogP contribution in [0.15, 0.2) is 42.5 Å². The van der Waals surface area contributed by atoms with Crippen molar-refractivity contribution in [3.8, 4) is 0 Å². The summed E-state index contributed by atoms with van der Waals surface area (Å²) in [6.45, 7) is 2.04. The van der Waals surface area contributed by atoms with Gasteiger partial charge in [-0.1, -0.05) is 24.3 Å². The molecule has 1 heterocycles. The molecule has 0 bridgehead atoms. The van der Waals surface area contributed by atoms with Gasteiger partial charge in [-0.05, 0) is 36.2 Å². The summed E-state index contributed by atoms with van der Waals surface area (Å²) in [5, 5.41) is 0. The van der Waals surface area contributed by atoms with Gasteiger partial charge in [0.05, 0.1) is 11.0 Å². The molecule has 0 aliphatic carbocycles. The minimum Gasteiger partial charge on any atom is -0.342 e. The van der Waals surface area contributed by atoms with E-state index in [1.807, 2.05) is 31.2 Å². The van der Waals surface area contributed by atoms with Crippen LogP contribution in [-0.4, -0.2) is 9.97 Å².